The minimum absolute atomic E-state index is 0.102. The Morgan fingerprint density at radius 1 is 1.20 bits per heavy atom. The quantitative estimate of drug-likeness (QED) is 0.705. The fraction of sp³-hybridized carbons (Fsp3) is 0. The number of rotatable bonds is 1. The molecule has 1 aromatic heterocycles. The summed E-state index contributed by atoms with van der Waals surface area (Å²) in [6.07, 6.45) is 0. The summed E-state index contributed by atoms with van der Waals surface area (Å²) in [4.78, 5) is 4.13. The smallest absolute Gasteiger partial charge is 0.205 e. The Morgan fingerprint density at radius 2 is 1.95 bits per heavy atom. The largest absolute Gasteiger partial charge is 0.369 e. The van der Waals surface area contributed by atoms with Crippen molar-refractivity contribution in [3.8, 4) is 5.69 Å². The SMILES string of the molecule is Nc1nc2cc(Br)c(F)cc2n1-c1cc(F)ccc1Cl. The van der Waals surface area contributed by atoms with Gasteiger partial charge in [0.2, 0.25) is 5.95 Å². The van der Waals surface area contributed by atoms with E-state index in [1.165, 1.54) is 34.9 Å². The second-order valence-electron chi connectivity index (χ2n) is 4.16. The maximum Gasteiger partial charge on any atom is 0.205 e. The highest BCUT2D eigenvalue weighted by Gasteiger charge is 2.15. The Labute approximate surface area is 126 Å². The van der Waals surface area contributed by atoms with Crippen LogP contribution in [-0.2, 0) is 0 Å². The van der Waals surface area contributed by atoms with Crippen molar-refractivity contribution in [2.45, 2.75) is 0 Å². The molecule has 3 rings (SSSR count). The zero-order chi connectivity index (χ0) is 14.4. The molecule has 20 heavy (non-hydrogen) atoms. The van der Waals surface area contributed by atoms with Gasteiger partial charge in [0.15, 0.2) is 0 Å². The van der Waals surface area contributed by atoms with Crippen LogP contribution in [0.1, 0.15) is 0 Å². The summed E-state index contributed by atoms with van der Waals surface area (Å²) in [6, 6.07) is 6.64. The van der Waals surface area contributed by atoms with E-state index < -0.39 is 11.6 Å². The first-order valence-corrected chi connectivity index (χ1v) is 6.73. The summed E-state index contributed by atoms with van der Waals surface area (Å²) in [5.41, 5.74) is 7.05. The van der Waals surface area contributed by atoms with Crippen LogP contribution in [0.4, 0.5) is 14.7 Å². The first kappa shape index (κ1) is 13.3. The zero-order valence-corrected chi connectivity index (χ0v) is 12.2. The van der Waals surface area contributed by atoms with E-state index in [1.807, 2.05) is 0 Å². The Kier molecular flexibility index (Phi) is 3.14. The molecule has 0 radical (unpaired) electrons. The zero-order valence-electron chi connectivity index (χ0n) is 9.87. The molecule has 0 unspecified atom stereocenters. The van der Waals surface area contributed by atoms with Crippen molar-refractivity contribution < 1.29 is 8.78 Å². The van der Waals surface area contributed by atoms with Gasteiger partial charge in [0, 0.05) is 6.07 Å². The van der Waals surface area contributed by atoms with E-state index in [0.717, 1.165) is 0 Å². The predicted octanol–water partition coefficient (Wildman–Crippen LogP) is 4.30. The van der Waals surface area contributed by atoms with E-state index in [2.05, 4.69) is 20.9 Å². The number of fused-ring (bicyclic) bond motifs is 1. The lowest BCUT2D eigenvalue weighted by molar-refractivity contribution is 0.622. The van der Waals surface area contributed by atoms with Crippen LogP contribution in [0, 0.1) is 11.6 Å². The van der Waals surface area contributed by atoms with Gasteiger partial charge >= 0.3 is 0 Å². The van der Waals surface area contributed by atoms with E-state index >= 15 is 0 Å². The number of nitrogen functional groups attached to an aromatic ring is 1. The molecule has 2 aromatic carbocycles. The van der Waals surface area contributed by atoms with Gasteiger partial charge in [0.05, 0.1) is 26.2 Å². The molecule has 0 saturated carbocycles. The number of imidazole rings is 1. The van der Waals surface area contributed by atoms with E-state index in [4.69, 9.17) is 17.3 Å². The Bertz CT molecular complexity index is 832. The molecular formula is C13H7BrClF2N3. The van der Waals surface area contributed by atoms with Crippen LogP contribution < -0.4 is 5.73 Å². The van der Waals surface area contributed by atoms with E-state index in [9.17, 15) is 8.78 Å². The third-order valence-electron chi connectivity index (χ3n) is 2.87. The molecule has 0 amide bonds. The maximum absolute atomic E-state index is 13.7. The molecular weight excluding hydrogens is 352 g/mol. The molecule has 3 aromatic rings. The van der Waals surface area contributed by atoms with Gasteiger partial charge in [-0.25, -0.2) is 13.8 Å². The summed E-state index contributed by atoms with van der Waals surface area (Å²) in [6.45, 7) is 0. The van der Waals surface area contributed by atoms with Crippen molar-refractivity contribution >= 4 is 44.5 Å². The number of anilines is 1. The normalized spacial score (nSPS) is 11.2. The van der Waals surface area contributed by atoms with Gasteiger partial charge in [-0.1, -0.05) is 11.6 Å². The molecule has 0 spiro atoms. The molecule has 0 fully saturated rings. The molecule has 0 aliphatic carbocycles. The monoisotopic (exact) mass is 357 g/mol. The molecule has 2 N–H and O–H groups in total. The standard InChI is InChI=1S/C13H7BrClF2N3/c14-7-4-10-12(5-9(7)17)20(13(18)19-10)11-3-6(16)1-2-8(11)15/h1-5H,(H2,18,19). The highest BCUT2D eigenvalue weighted by atomic mass is 79.9. The lowest BCUT2D eigenvalue weighted by Gasteiger charge is -2.09. The Hall–Kier alpha value is -1.66. The highest BCUT2D eigenvalue weighted by molar-refractivity contribution is 9.10. The lowest BCUT2D eigenvalue weighted by atomic mass is 10.2. The molecule has 3 nitrogen and oxygen atoms in total. The summed E-state index contributed by atoms with van der Waals surface area (Å²) in [5.74, 6) is -0.834. The number of benzene rings is 2. The minimum Gasteiger partial charge on any atom is -0.369 e. The third kappa shape index (κ3) is 2.05. The molecule has 0 atom stereocenters. The summed E-state index contributed by atoms with van der Waals surface area (Å²) in [7, 11) is 0. The van der Waals surface area contributed by atoms with Crippen molar-refractivity contribution in [3.05, 3.63) is 51.5 Å². The number of nitrogens with two attached hydrogens (primary N) is 1. The van der Waals surface area contributed by atoms with Crippen LogP contribution in [0.15, 0.2) is 34.8 Å². The van der Waals surface area contributed by atoms with Gasteiger partial charge in [-0.15, -0.1) is 0 Å². The number of hydrogen-bond acceptors (Lipinski definition) is 2. The van der Waals surface area contributed by atoms with Crippen molar-refractivity contribution in [2.24, 2.45) is 0 Å². The first-order valence-electron chi connectivity index (χ1n) is 5.56. The third-order valence-corrected chi connectivity index (χ3v) is 3.80. The van der Waals surface area contributed by atoms with Gasteiger partial charge < -0.3 is 5.73 Å². The second-order valence-corrected chi connectivity index (χ2v) is 5.42. The van der Waals surface area contributed by atoms with E-state index in [1.54, 1.807) is 0 Å². The Balaban J connectivity index is 2.38. The summed E-state index contributed by atoms with van der Waals surface area (Å²) in [5, 5.41) is 0.292. The van der Waals surface area contributed by atoms with Gasteiger partial charge in [-0.3, -0.25) is 4.57 Å². The van der Waals surface area contributed by atoms with Crippen LogP contribution in [0.5, 0.6) is 0 Å². The topological polar surface area (TPSA) is 43.8 Å². The molecule has 0 aliphatic heterocycles. The van der Waals surface area contributed by atoms with E-state index in [-0.39, 0.29) is 10.4 Å². The molecule has 1 heterocycles. The van der Waals surface area contributed by atoms with Crippen LogP contribution in [0.3, 0.4) is 0 Å². The molecule has 7 heteroatoms. The lowest BCUT2D eigenvalue weighted by Crippen LogP contribution is -2.02. The number of hydrogen-bond donors (Lipinski definition) is 1. The van der Waals surface area contributed by atoms with Crippen molar-refractivity contribution in [3.63, 3.8) is 0 Å². The fourth-order valence-corrected chi connectivity index (χ4v) is 2.54. The molecule has 0 aliphatic rings. The van der Waals surface area contributed by atoms with Crippen LogP contribution in [-0.4, -0.2) is 9.55 Å². The van der Waals surface area contributed by atoms with Gasteiger partial charge in [-0.05, 0) is 40.2 Å². The first-order chi connectivity index (χ1) is 9.47. The number of nitrogens with zero attached hydrogens (tertiary/aromatic N) is 2. The van der Waals surface area contributed by atoms with Gasteiger partial charge in [-0.2, -0.15) is 0 Å². The summed E-state index contributed by atoms with van der Waals surface area (Å²) >= 11 is 9.14. The number of halogens is 4. The molecule has 0 bridgehead atoms. The molecule has 102 valence electrons. The average Bonchev–Trinajstić information content (AvgIpc) is 2.69. The number of aromatic nitrogens is 2. The van der Waals surface area contributed by atoms with Crippen LogP contribution in [0.2, 0.25) is 5.02 Å². The van der Waals surface area contributed by atoms with Crippen molar-refractivity contribution in [1.82, 2.24) is 9.55 Å². The van der Waals surface area contributed by atoms with Crippen molar-refractivity contribution in [2.75, 3.05) is 5.73 Å². The molecule has 0 saturated heterocycles. The summed E-state index contributed by atoms with van der Waals surface area (Å²) < 4.78 is 28.8. The minimum atomic E-state index is -0.469. The Morgan fingerprint density at radius 3 is 2.70 bits per heavy atom. The van der Waals surface area contributed by atoms with E-state index in [0.29, 0.717) is 21.7 Å². The van der Waals surface area contributed by atoms with Crippen LogP contribution in [0.25, 0.3) is 16.7 Å². The highest BCUT2D eigenvalue weighted by Crippen LogP contribution is 2.31. The second kappa shape index (κ2) is 4.71. The van der Waals surface area contributed by atoms with Crippen LogP contribution >= 0.6 is 27.5 Å². The van der Waals surface area contributed by atoms with Gasteiger partial charge in [0.25, 0.3) is 0 Å². The fourth-order valence-electron chi connectivity index (χ4n) is 2.00. The van der Waals surface area contributed by atoms with Gasteiger partial charge in [0.1, 0.15) is 11.6 Å². The average molecular weight is 359 g/mol. The predicted molar refractivity (Wildman–Crippen MR) is 78.1 cm³/mol. The van der Waals surface area contributed by atoms with Crippen molar-refractivity contribution in [1.29, 1.82) is 0 Å². The maximum atomic E-state index is 13.7.